The van der Waals surface area contributed by atoms with Gasteiger partial charge in [0.2, 0.25) is 5.95 Å². The van der Waals surface area contributed by atoms with Crippen LogP contribution in [0.5, 0.6) is 0 Å². The largest absolute Gasteiger partial charge is 0.378 e. The van der Waals surface area contributed by atoms with Crippen LogP contribution in [-0.2, 0) is 4.74 Å². The van der Waals surface area contributed by atoms with Gasteiger partial charge in [0.1, 0.15) is 17.7 Å². The van der Waals surface area contributed by atoms with Crippen molar-refractivity contribution in [1.82, 2.24) is 14.9 Å². The number of halogens is 1. The maximum atomic E-state index is 13.9. The highest BCUT2D eigenvalue weighted by Crippen LogP contribution is 2.29. The monoisotopic (exact) mass is 502 g/mol. The van der Waals surface area contributed by atoms with Crippen molar-refractivity contribution in [3.8, 4) is 6.07 Å². The maximum Gasteiger partial charge on any atom is 0.321 e. The number of nitrogens with one attached hydrogen (secondary N) is 2. The van der Waals surface area contributed by atoms with Crippen LogP contribution in [0.15, 0.2) is 54.7 Å². The number of anilines is 5. The molecule has 2 aromatic carbocycles. The smallest absolute Gasteiger partial charge is 0.321 e. The number of hydrogen-bond acceptors (Lipinski definition) is 8. The number of rotatable bonds is 5. The highest BCUT2D eigenvalue weighted by Gasteiger charge is 2.23. The Morgan fingerprint density at radius 3 is 2.54 bits per heavy atom. The van der Waals surface area contributed by atoms with E-state index in [-0.39, 0.29) is 11.6 Å². The molecule has 2 aliphatic rings. The number of carbonyl (C=O) groups excluding carboxylic acids is 1. The average molecular weight is 503 g/mol. The quantitative estimate of drug-likeness (QED) is 0.546. The van der Waals surface area contributed by atoms with Gasteiger partial charge in [0.25, 0.3) is 0 Å². The van der Waals surface area contributed by atoms with E-state index in [0.29, 0.717) is 51.0 Å². The zero-order valence-electron chi connectivity index (χ0n) is 20.2. The van der Waals surface area contributed by atoms with Gasteiger partial charge in [0.15, 0.2) is 0 Å². The number of nitriles is 1. The summed E-state index contributed by atoms with van der Waals surface area (Å²) in [7, 11) is 0. The van der Waals surface area contributed by atoms with Crippen LogP contribution in [0.2, 0.25) is 0 Å². The van der Waals surface area contributed by atoms with Crippen LogP contribution >= 0.6 is 0 Å². The molecule has 0 radical (unpaired) electrons. The molecule has 0 spiro atoms. The summed E-state index contributed by atoms with van der Waals surface area (Å²) in [4.78, 5) is 27.8. The first-order chi connectivity index (χ1) is 18.1. The third-order valence-electron chi connectivity index (χ3n) is 6.37. The minimum atomic E-state index is -0.661. The molecule has 190 valence electrons. The molecule has 3 heterocycles. The second-order valence-corrected chi connectivity index (χ2v) is 8.69. The first-order valence-electron chi connectivity index (χ1n) is 12.1. The zero-order chi connectivity index (χ0) is 25.6. The Kier molecular flexibility index (Phi) is 7.28. The minimum absolute atomic E-state index is 0.0603. The van der Waals surface area contributed by atoms with Gasteiger partial charge in [-0.1, -0.05) is 12.1 Å². The Hall–Kier alpha value is -4.43. The molecule has 2 fully saturated rings. The van der Waals surface area contributed by atoms with Gasteiger partial charge < -0.3 is 30.1 Å². The van der Waals surface area contributed by atoms with Crippen LogP contribution in [0.4, 0.5) is 38.0 Å². The third kappa shape index (κ3) is 5.70. The topological polar surface area (TPSA) is 110 Å². The van der Waals surface area contributed by atoms with Gasteiger partial charge in [0.05, 0.1) is 30.2 Å². The normalized spacial score (nSPS) is 15.7. The lowest BCUT2D eigenvalue weighted by Crippen LogP contribution is -2.50. The van der Waals surface area contributed by atoms with Crippen LogP contribution in [0, 0.1) is 17.1 Å². The summed E-state index contributed by atoms with van der Waals surface area (Å²) in [5.74, 6) is 0.614. The van der Waals surface area contributed by atoms with E-state index in [0.717, 1.165) is 36.3 Å². The first-order valence-corrected chi connectivity index (χ1v) is 12.1. The van der Waals surface area contributed by atoms with Crippen LogP contribution in [-0.4, -0.2) is 73.4 Å². The van der Waals surface area contributed by atoms with Gasteiger partial charge >= 0.3 is 6.03 Å². The predicted octanol–water partition coefficient (Wildman–Crippen LogP) is 3.42. The highest BCUT2D eigenvalue weighted by atomic mass is 19.1. The fourth-order valence-corrected chi connectivity index (χ4v) is 4.39. The molecule has 0 unspecified atom stereocenters. The van der Waals surface area contributed by atoms with Crippen LogP contribution in [0.3, 0.4) is 0 Å². The number of carbonyl (C=O) groups is 1. The molecule has 3 aromatic rings. The van der Waals surface area contributed by atoms with Gasteiger partial charge in [-0.15, -0.1) is 0 Å². The van der Waals surface area contributed by atoms with E-state index in [2.05, 4.69) is 31.5 Å². The number of aromatic nitrogens is 2. The Morgan fingerprint density at radius 2 is 1.78 bits per heavy atom. The molecule has 0 atom stereocenters. The summed E-state index contributed by atoms with van der Waals surface area (Å²) in [5.41, 5.74) is 2.27. The van der Waals surface area contributed by atoms with Crippen molar-refractivity contribution in [3.63, 3.8) is 0 Å². The van der Waals surface area contributed by atoms with Crippen molar-refractivity contribution in [2.24, 2.45) is 0 Å². The number of benzene rings is 2. The SMILES string of the molecule is N#Cc1ccc(NC(=O)N2CCN(c3ccnc(Nc4ccccc4N4CCOCC4)n3)CC2)cc1F. The summed E-state index contributed by atoms with van der Waals surface area (Å²) < 4.78 is 19.3. The van der Waals surface area contributed by atoms with Crippen LogP contribution in [0.1, 0.15) is 5.56 Å². The maximum absolute atomic E-state index is 13.9. The van der Waals surface area contributed by atoms with E-state index in [1.807, 2.05) is 24.3 Å². The number of amides is 2. The van der Waals surface area contributed by atoms with Gasteiger partial charge in [-0.25, -0.2) is 14.2 Å². The molecular formula is C26H27FN8O2. The number of piperazine rings is 1. The Labute approximate surface area is 214 Å². The number of ether oxygens (including phenoxy) is 1. The lowest BCUT2D eigenvalue weighted by Gasteiger charge is -2.35. The number of nitrogens with zero attached hydrogens (tertiary/aromatic N) is 6. The Balaban J connectivity index is 1.20. The van der Waals surface area contributed by atoms with E-state index < -0.39 is 5.82 Å². The van der Waals surface area contributed by atoms with Crippen molar-refractivity contribution in [2.75, 3.05) is 72.9 Å². The van der Waals surface area contributed by atoms with Crippen molar-refractivity contribution in [1.29, 1.82) is 5.26 Å². The van der Waals surface area contributed by atoms with E-state index in [9.17, 15) is 9.18 Å². The summed E-state index contributed by atoms with van der Waals surface area (Å²) in [6.07, 6.45) is 1.72. The molecule has 5 rings (SSSR count). The second kappa shape index (κ2) is 11.1. The van der Waals surface area contributed by atoms with Crippen LogP contribution < -0.4 is 20.4 Å². The molecule has 0 bridgehead atoms. The van der Waals surface area contributed by atoms with Crippen molar-refractivity contribution in [2.45, 2.75) is 0 Å². The first kappa shape index (κ1) is 24.3. The second-order valence-electron chi connectivity index (χ2n) is 8.69. The van der Waals surface area contributed by atoms with Gasteiger partial charge in [-0.2, -0.15) is 10.2 Å². The third-order valence-corrected chi connectivity index (χ3v) is 6.37. The lowest BCUT2D eigenvalue weighted by atomic mass is 10.2. The van der Waals surface area contributed by atoms with E-state index in [1.54, 1.807) is 17.2 Å². The van der Waals surface area contributed by atoms with E-state index in [4.69, 9.17) is 15.0 Å². The highest BCUT2D eigenvalue weighted by molar-refractivity contribution is 5.89. The molecule has 10 nitrogen and oxygen atoms in total. The number of hydrogen-bond donors (Lipinski definition) is 2. The summed E-state index contributed by atoms with van der Waals surface area (Å²) in [6, 6.07) is 15.4. The molecule has 37 heavy (non-hydrogen) atoms. The number of urea groups is 1. The lowest BCUT2D eigenvalue weighted by molar-refractivity contribution is 0.123. The van der Waals surface area contributed by atoms with Crippen molar-refractivity contribution < 1.29 is 13.9 Å². The Morgan fingerprint density at radius 1 is 1.00 bits per heavy atom. The van der Waals surface area contributed by atoms with E-state index >= 15 is 0 Å². The molecule has 1 aromatic heterocycles. The fraction of sp³-hybridized carbons (Fsp3) is 0.308. The molecule has 2 saturated heterocycles. The van der Waals surface area contributed by atoms with Crippen LogP contribution in [0.25, 0.3) is 0 Å². The fourth-order valence-electron chi connectivity index (χ4n) is 4.39. The average Bonchev–Trinajstić information content (AvgIpc) is 2.94. The molecule has 11 heteroatoms. The number of para-hydroxylation sites is 2. The molecule has 2 amide bonds. The summed E-state index contributed by atoms with van der Waals surface area (Å²) >= 11 is 0. The van der Waals surface area contributed by atoms with Crippen molar-refractivity contribution >= 4 is 34.9 Å². The summed E-state index contributed by atoms with van der Waals surface area (Å²) in [5, 5.41) is 14.9. The molecule has 2 N–H and O–H groups in total. The predicted molar refractivity (Wildman–Crippen MR) is 139 cm³/mol. The Bertz CT molecular complexity index is 1300. The molecule has 2 aliphatic heterocycles. The van der Waals surface area contributed by atoms with E-state index in [1.165, 1.54) is 12.1 Å². The molecular weight excluding hydrogens is 475 g/mol. The standard InChI is InChI=1S/C26H27FN8O2/c27-21-17-20(6-5-19(21)18-28)30-26(36)35-11-9-34(10-12-35)24-7-8-29-25(32-24)31-22-3-1-2-4-23(22)33-13-15-37-16-14-33/h1-8,17H,9-16H2,(H,30,36)(H,29,31,32). The summed E-state index contributed by atoms with van der Waals surface area (Å²) in [6.45, 7) is 5.22. The molecule has 0 saturated carbocycles. The van der Waals surface area contributed by atoms with Gasteiger partial charge in [-0.05, 0) is 36.4 Å². The van der Waals surface area contributed by atoms with Gasteiger partial charge in [-0.3, -0.25) is 0 Å². The van der Waals surface area contributed by atoms with Gasteiger partial charge in [0, 0.05) is 51.2 Å². The zero-order valence-corrected chi connectivity index (χ0v) is 20.2. The molecule has 0 aliphatic carbocycles. The number of morpholine rings is 1. The minimum Gasteiger partial charge on any atom is -0.378 e. The van der Waals surface area contributed by atoms with Crippen molar-refractivity contribution in [3.05, 3.63) is 66.1 Å².